The Morgan fingerprint density at radius 2 is 1.69 bits per heavy atom. The first kappa shape index (κ1) is 26.6. The Labute approximate surface area is 206 Å². The van der Waals surface area contributed by atoms with Gasteiger partial charge in [0.2, 0.25) is 11.8 Å². The van der Waals surface area contributed by atoms with Gasteiger partial charge in [0.1, 0.15) is 6.04 Å². The molecule has 0 heterocycles. The Morgan fingerprint density at radius 3 is 2.28 bits per heavy atom. The highest BCUT2D eigenvalue weighted by Gasteiger charge is 2.29. The van der Waals surface area contributed by atoms with Gasteiger partial charge in [0.05, 0.1) is 5.75 Å². The molecular formula is C25H32Cl2N2O2S. The van der Waals surface area contributed by atoms with Crippen LogP contribution >= 0.6 is 35.0 Å². The lowest BCUT2D eigenvalue weighted by Gasteiger charge is -2.32. The quantitative estimate of drug-likeness (QED) is 0.401. The van der Waals surface area contributed by atoms with E-state index in [0.29, 0.717) is 28.8 Å². The fraction of sp³-hybridized carbons (Fsp3) is 0.440. The molecular weight excluding hydrogens is 463 g/mol. The van der Waals surface area contributed by atoms with Crippen LogP contribution in [0.3, 0.4) is 0 Å². The number of rotatable bonds is 11. The molecule has 32 heavy (non-hydrogen) atoms. The molecule has 7 heteroatoms. The number of nitrogens with one attached hydrogen (secondary N) is 1. The molecule has 174 valence electrons. The van der Waals surface area contributed by atoms with Crippen LogP contribution in [0.4, 0.5) is 0 Å². The normalized spacial score (nSPS) is 12.8. The van der Waals surface area contributed by atoms with E-state index in [1.165, 1.54) is 11.8 Å². The molecule has 2 unspecified atom stereocenters. The third-order valence-corrected chi connectivity index (χ3v) is 7.17. The number of benzene rings is 2. The molecule has 0 saturated heterocycles. The van der Waals surface area contributed by atoms with Crippen molar-refractivity contribution in [1.82, 2.24) is 10.2 Å². The minimum atomic E-state index is -0.527. The third kappa shape index (κ3) is 7.43. The Hall–Kier alpha value is -1.69. The second-order valence-corrected chi connectivity index (χ2v) is 9.68. The summed E-state index contributed by atoms with van der Waals surface area (Å²) in [5.41, 5.74) is 2.95. The molecule has 2 aromatic carbocycles. The van der Waals surface area contributed by atoms with Crippen molar-refractivity contribution in [3.8, 4) is 0 Å². The van der Waals surface area contributed by atoms with Gasteiger partial charge in [-0.15, -0.1) is 11.8 Å². The molecule has 0 aliphatic rings. The highest BCUT2D eigenvalue weighted by atomic mass is 35.5. The second kappa shape index (κ2) is 13.1. The van der Waals surface area contributed by atoms with Crippen LogP contribution in [0.2, 0.25) is 10.0 Å². The number of thioether (sulfide) groups is 1. The predicted molar refractivity (Wildman–Crippen MR) is 136 cm³/mol. The van der Waals surface area contributed by atoms with Crippen molar-refractivity contribution < 1.29 is 9.59 Å². The lowest BCUT2D eigenvalue weighted by atomic mass is 10.1. The van der Waals surface area contributed by atoms with Gasteiger partial charge in [-0.05, 0) is 55.5 Å². The summed E-state index contributed by atoms with van der Waals surface area (Å²) in [6.07, 6.45) is 1.38. The SMILES string of the molecule is CCC(C)NC(=O)C(CC)N(Cc1ccccc1C)C(=O)CSCc1c(Cl)cccc1Cl. The second-order valence-electron chi connectivity index (χ2n) is 7.88. The maximum absolute atomic E-state index is 13.3. The molecule has 0 aliphatic carbocycles. The lowest BCUT2D eigenvalue weighted by molar-refractivity contribution is -0.139. The van der Waals surface area contributed by atoms with Gasteiger partial charge in [-0.3, -0.25) is 9.59 Å². The predicted octanol–water partition coefficient (Wildman–Crippen LogP) is 6.26. The van der Waals surface area contributed by atoms with Crippen molar-refractivity contribution in [2.75, 3.05) is 5.75 Å². The zero-order valence-electron chi connectivity index (χ0n) is 19.2. The van der Waals surface area contributed by atoms with Gasteiger partial charge in [0, 0.05) is 28.4 Å². The first-order chi connectivity index (χ1) is 15.3. The van der Waals surface area contributed by atoms with Crippen LogP contribution in [-0.4, -0.2) is 34.6 Å². The molecule has 4 nitrogen and oxygen atoms in total. The van der Waals surface area contributed by atoms with E-state index < -0.39 is 6.04 Å². The highest BCUT2D eigenvalue weighted by molar-refractivity contribution is 7.99. The summed E-state index contributed by atoms with van der Waals surface area (Å²) in [6, 6.07) is 12.9. The van der Waals surface area contributed by atoms with Crippen LogP contribution < -0.4 is 5.32 Å². The summed E-state index contributed by atoms with van der Waals surface area (Å²) in [7, 11) is 0. The lowest BCUT2D eigenvalue weighted by Crippen LogP contribution is -2.51. The summed E-state index contributed by atoms with van der Waals surface area (Å²) in [5.74, 6) is 0.578. The van der Waals surface area contributed by atoms with Crippen LogP contribution in [-0.2, 0) is 21.9 Å². The molecule has 2 aromatic rings. The van der Waals surface area contributed by atoms with Crippen LogP contribution in [0.1, 0.15) is 50.3 Å². The van der Waals surface area contributed by atoms with Crippen LogP contribution in [0.5, 0.6) is 0 Å². The molecule has 2 amide bonds. The molecule has 0 fully saturated rings. The number of hydrogen-bond donors (Lipinski definition) is 1. The van der Waals surface area contributed by atoms with Crippen molar-refractivity contribution in [3.05, 3.63) is 69.2 Å². The molecule has 0 spiro atoms. The summed E-state index contributed by atoms with van der Waals surface area (Å²) >= 11 is 14.0. The topological polar surface area (TPSA) is 49.4 Å². The van der Waals surface area contributed by atoms with Crippen LogP contribution in [0.15, 0.2) is 42.5 Å². The summed E-state index contributed by atoms with van der Waals surface area (Å²) in [5, 5.41) is 4.22. The van der Waals surface area contributed by atoms with Crippen molar-refractivity contribution >= 4 is 46.8 Å². The fourth-order valence-corrected chi connectivity index (χ4v) is 4.97. The highest BCUT2D eigenvalue weighted by Crippen LogP contribution is 2.28. The molecule has 2 atom stereocenters. The molecule has 0 radical (unpaired) electrons. The zero-order valence-corrected chi connectivity index (χ0v) is 21.5. The van der Waals surface area contributed by atoms with E-state index in [1.54, 1.807) is 23.1 Å². The van der Waals surface area contributed by atoms with Crippen molar-refractivity contribution in [1.29, 1.82) is 0 Å². The van der Waals surface area contributed by atoms with Crippen molar-refractivity contribution in [2.24, 2.45) is 0 Å². The number of halogens is 2. The first-order valence-electron chi connectivity index (χ1n) is 10.9. The maximum atomic E-state index is 13.3. The molecule has 0 aliphatic heterocycles. The minimum absolute atomic E-state index is 0.0590. The van der Waals surface area contributed by atoms with Crippen molar-refractivity contribution in [3.63, 3.8) is 0 Å². The van der Waals surface area contributed by atoms with Crippen LogP contribution in [0, 0.1) is 6.92 Å². The number of nitrogens with zero attached hydrogens (tertiary/aromatic N) is 1. The largest absolute Gasteiger partial charge is 0.352 e. The van der Waals surface area contributed by atoms with E-state index >= 15 is 0 Å². The van der Waals surface area contributed by atoms with Gasteiger partial charge in [-0.2, -0.15) is 0 Å². The minimum Gasteiger partial charge on any atom is -0.352 e. The Kier molecular flexibility index (Phi) is 10.9. The van der Waals surface area contributed by atoms with Gasteiger partial charge in [0.25, 0.3) is 0 Å². The first-order valence-corrected chi connectivity index (χ1v) is 12.8. The van der Waals surface area contributed by atoms with E-state index in [4.69, 9.17) is 23.2 Å². The summed E-state index contributed by atoms with van der Waals surface area (Å²) in [6.45, 7) is 8.35. The molecule has 0 aromatic heterocycles. The average molecular weight is 496 g/mol. The van der Waals surface area contributed by atoms with Gasteiger partial charge < -0.3 is 10.2 Å². The maximum Gasteiger partial charge on any atom is 0.243 e. The molecule has 1 N–H and O–H groups in total. The van der Waals surface area contributed by atoms with E-state index in [9.17, 15) is 9.59 Å². The van der Waals surface area contributed by atoms with Crippen molar-refractivity contribution in [2.45, 2.75) is 64.9 Å². The van der Waals surface area contributed by atoms with E-state index in [2.05, 4.69) is 5.32 Å². The number of aryl methyl sites for hydroxylation is 1. The Balaban J connectivity index is 2.19. The van der Waals surface area contributed by atoms with E-state index in [0.717, 1.165) is 23.1 Å². The van der Waals surface area contributed by atoms with Gasteiger partial charge in [0.15, 0.2) is 0 Å². The molecule has 0 saturated carbocycles. The Morgan fingerprint density at radius 1 is 1.03 bits per heavy atom. The average Bonchev–Trinajstić information content (AvgIpc) is 2.76. The summed E-state index contributed by atoms with van der Waals surface area (Å²) in [4.78, 5) is 28.1. The third-order valence-electron chi connectivity index (χ3n) is 5.52. The molecule has 2 rings (SSSR count). The Bertz CT molecular complexity index is 902. The number of amides is 2. The monoisotopic (exact) mass is 494 g/mol. The smallest absolute Gasteiger partial charge is 0.243 e. The van der Waals surface area contributed by atoms with Crippen LogP contribution in [0.25, 0.3) is 0 Å². The zero-order chi connectivity index (χ0) is 23.7. The van der Waals surface area contributed by atoms with E-state index in [1.807, 2.05) is 52.0 Å². The standard InChI is InChI=1S/C25H32Cl2N2O2S/c1-5-18(4)28-25(31)23(6-2)29(14-19-11-8-7-10-17(19)3)24(30)16-32-15-20-21(26)12-9-13-22(20)27/h7-13,18,23H,5-6,14-16H2,1-4H3,(H,28,31). The molecule has 0 bridgehead atoms. The van der Waals surface area contributed by atoms with Gasteiger partial charge in [-0.1, -0.05) is 67.4 Å². The van der Waals surface area contributed by atoms with Gasteiger partial charge in [-0.25, -0.2) is 0 Å². The van der Waals surface area contributed by atoms with E-state index in [-0.39, 0.29) is 23.6 Å². The van der Waals surface area contributed by atoms with Gasteiger partial charge >= 0.3 is 0 Å². The number of hydrogen-bond acceptors (Lipinski definition) is 3. The fourth-order valence-electron chi connectivity index (χ4n) is 3.33. The summed E-state index contributed by atoms with van der Waals surface area (Å²) < 4.78 is 0. The number of carbonyl (C=O) groups is 2. The number of carbonyl (C=O) groups excluding carboxylic acids is 2.